The second kappa shape index (κ2) is 15.0. The van der Waals surface area contributed by atoms with Gasteiger partial charge >= 0.3 is 24.3 Å². The number of halogens is 3. The number of urea groups is 1. The molecule has 0 aromatic heterocycles. The van der Waals surface area contributed by atoms with E-state index in [0.717, 1.165) is 0 Å². The fourth-order valence-corrected chi connectivity index (χ4v) is 5.77. The van der Waals surface area contributed by atoms with E-state index in [1.807, 2.05) is 4.90 Å². The summed E-state index contributed by atoms with van der Waals surface area (Å²) in [6, 6.07) is 12.6. The number of hydrogen-bond acceptors (Lipinski definition) is 9. The molecule has 0 spiro atoms. The summed E-state index contributed by atoms with van der Waals surface area (Å²) in [4.78, 5) is 40.1. The summed E-state index contributed by atoms with van der Waals surface area (Å²) in [5, 5.41) is 12.0. The quantitative estimate of drug-likeness (QED) is 0.217. The Morgan fingerprint density at radius 3 is 2.15 bits per heavy atom. The van der Waals surface area contributed by atoms with Crippen LogP contribution in [0.5, 0.6) is 5.75 Å². The van der Waals surface area contributed by atoms with Crippen LogP contribution in [0, 0.1) is 0 Å². The first kappa shape index (κ1) is 34.2. The summed E-state index contributed by atoms with van der Waals surface area (Å²) < 4.78 is 52.6. The Bertz CT molecular complexity index is 1460. The number of nitrogens with one attached hydrogen (secondary N) is 4. The smallest absolute Gasteiger partial charge is 0.466 e. The van der Waals surface area contributed by atoms with Crippen LogP contribution in [0.2, 0.25) is 0 Å². The molecule has 11 nitrogen and oxygen atoms in total. The van der Waals surface area contributed by atoms with E-state index in [4.69, 9.17) is 9.47 Å². The third kappa shape index (κ3) is 8.50. The molecular formula is C32H38F3N5O6. The maximum absolute atomic E-state index is 12.8. The van der Waals surface area contributed by atoms with Gasteiger partial charge in [-0.3, -0.25) is 0 Å². The highest BCUT2D eigenvalue weighted by Crippen LogP contribution is 2.40. The van der Waals surface area contributed by atoms with E-state index in [1.165, 1.54) is 26.4 Å². The maximum atomic E-state index is 12.8. The molecule has 46 heavy (non-hydrogen) atoms. The normalized spacial score (nSPS) is 16.1. The van der Waals surface area contributed by atoms with Gasteiger partial charge in [0, 0.05) is 49.3 Å². The number of benzene rings is 2. The van der Waals surface area contributed by atoms with Crippen molar-refractivity contribution < 1.29 is 41.8 Å². The minimum Gasteiger partial charge on any atom is -0.466 e. The number of ether oxygens (including phenoxy) is 3. The lowest BCUT2D eigenvalue weighted by atomic mass is 9.80. The van der Waals surface area contributed by atoms with Crippen molar-refractivity contribution in [1.82, 2.24) is 16.0 Å². The second-order valence-electron chi connectivity index (χ2n) is 10.9. The lowest BCUT2D eigenvalue weighted by Crippen LogP contribution is -2.45. The molecule has 2 amide bonds. The molecule has 248 valence electrons. The Morgan fingerprint density at radius 1 is 0.913 bits per heavy atom. The van der Waals surface area contributed by atoms with E-state index >= 15 is 0 Å². The topological polar surface area (TPSA) is 130 Å². The van der Waals surface area contributed by atoms with Gasteiger partial charge in [0.1, 0.15) is 0 Å². The van der Waals surface area contributed by atoms with Gasteiger partial charge in [-0.2, -0.15) is 0 Å². The predicted octanol–water partition coefficient (Wildman–Crippen LogP) is 4.55. The fraction of sp³-hybridized carbons (Fsp3) is 0.406. The van der Waals surface area contributed by atoms with Crippen LogP contribution in [-0.4, -0.2) is 70.8 Å². The van der Waals surface area contributed by atoms with Crippen LogP contribution in [-0.2, 0) is 19.1 Å². The minimum atomic E-state index is -4.76. The molecule has 0 bridgehead atoms. The Kier molecular flexibility index (Phi) is 11.2. The number of esters is 2. The van der Waals surface area contributed by atoms with Gasteiger partial charge in [-0.1, -0.05) is 24.3 Å². The number of amides is 2. The van der Waals surface area contributed by atoms with Gasteiger partial charge in [-0.25, -0.2) is 14.4 Å². The monoisotopic (exact) mass is 645 g/mol. The lowest BCUT2D eigenvalue weighted by Gasteiger charge is -2.35. The van der Waals surface area contributed by atoms with Crippen LogP contribution >= 0.6 is 0 Å². The summed E-state index contributed by atoms with van der Waals surface area (Å²) in [6.07, 6.45) is -3.35. The fourth-order valence-electron chi connectivity index (χ4n) is 5.77. The number of carbonyl (C=O) groups is 3. The van der Waals surface area contributed by atoms with Gasteiger partial charge in [-0.05, 0) is 56.5 Å². The number of methoxy groups -OCH3 is 2. The van der Waals surface area contributed by atoms with Crippen molar-refractivity contribution in [2.75, 3.05) is 50.6 Å². The second-order valence-corrected chi connectivity index (χ2v) is 10.9. The number of allylic oxidation sites excluding steroid dienone is 2. The zero-order chi connectivity index (χ0) is 33.4. The molecule has 2 heterocycles. The van der Waals surface area contributed by atoms with Crippen molar-refractivity contribution in [2.45, 2.75) is 45.0 Å². The number of nitrogens with zero attached hydrogens (tertiary/aromatic N) is 1. The van der Waals surface area contributed by atoms with Gasteiger partial charge in [-0.15, -0.1) is 13.2 Å². The first-order valence-corrected chi connectivity index (χ1v) is 14.7. The van der Waals surface area contributed by atoms with Crippen LogP contribution in [0.4, 0.5) is 29.3 Å². The predicted molar refractivity (Wildman–Crippen MR) is 165 cm³/mol. The van der Waals surface area contributed by atoms with Crippen LogP contribution in [0.3, 0.4) is 0 Å². The highest BCUT2D eigenvalue weighted by Gasteiger charge is 2.38. The van der Waals surface area contributed by atoms with Crippen molar-refractivity contribution in [1.29, 1.82) is 0 Å². The summed E-state index contributed by atoms with van der Waals surface area (Å²) >= 11 is 0. The van der Waals surface area contributed by atoms with Crippen LogP contribution < -0.4 is 30.9 Å². The van der Waals surface area contributed by atoms with Crippen molar-refractivity contribution in [3.8, 4) is 5.75 Å². The first-order valence-electron chi connectivity index (χ1n) is 14.7. The number of para-hydroxylation sites is 2. The largest absolute Gasteiger partial charge is 0.573 e. The average molecular weight is 646 g/mol. The molecule has 2 aliphatic heterocycles. The molecule has 1 fully saturated rings. The van der Waals surface area contributed by atoms with Crippen molar-refractivity contribution in [3.63, 3.8) is 0 Å². The van der Waals surface area contributed by atoms with Crippen molar-refractivity contribution >= 4 is 29.3 Å². The highest BCUT2D eigenvalue weighted by molar-refractivity contribution is 6.00. The van der Waals surface area contributed by atoms with Gasteiger partial charge in [0.15, 0.2) is 5.75 Å². The molecule has 2 aliphatic rings. The molecule has 14 heteroatoms. The molecule has 0 aliphatic carbocycles. The third-order valence-electron chi connectivity index (χ3n) is 7.82. The van der Waals surface area contributed by atoms with Crippen molar-refractivity contribution in [2.24, 2.45) is 0 Å². The summed E-state index contributed by atoms with van der Waals surface area (Å²) in [5.74, 6) is -2.20. The van der Waals surface area contributed by atoms with Crippen LogP contribution in [0.15, 0.2) is 71.1 Å². The standard InChI is InChI=1S/C32H38F3N5O6/c1-19-26(29(41)44-3)28(27(20(2)38-19)30(42)45-4)21-8-7-9-23(18-21)39-31(43)37-15-14-36-22-12-16-40(17-13-22)24-10-5-6-11-25(24)46-32(33,34)35/h5-11,18,22,28,36,38H,12-17H2,1-4H3,(H2,37,39,43). The number of carbonyl (C=O) groups excluding carboxylic acids is 3. The van der Waals surface area contributed by atoms with E-state index in [0.29, 0.717) is 67.4 Å². The number of piperidine rings is 1. The lowest BCUT2D eigenvalue weighted by molar-refractivity contribution is -0.274. The number of hydrogen-bond donors (Lipinski definition) is 4. The molecule has 4 rings (SSSR count). The summed E-state index contributed by atoms with van der Waals surface area (Å²) in [6.45, 7) is 5.35. The van der Waals surface area contributed by atoms with Gasteiger partial charge in [0.25, 0.3) is 0 Å². The summed E-state index contributed by atoms with van der Waals surface area (Å²) in [5.41, 5.74) is 3.03. The maximum Gasteiger partial charge on any atom is 0.573 e. The van der Waals surface area contributed by atoms with Crippen molar-refractivity contribution in [3.05, 3.63) is 76.6 Å². The molecular weight excluding hydrogens is 607 g/mol. The molecule has 0 atom stereocenters. The van der Waals surface area contributed by atoms with Gasteiger partial charge in [0.05, 0.1) is 37.0 Å². The van der Waals surface area contributed by atoms with E-state index in [2.05, 4.69) is 26.0 Å². The van der Waals surface area contributed by atoms with Crippen LogP contribution in [0.25, 0.3) is 0 Å². The molecule has 0 saturated carbocycles. The molecule has 2 aromatic carbocycles. The third-order valence-corrected chi connectivity index (χ3v) is 7.82. The number of rotatable bonds is 10. The molecule has 2 aromatic rings. The molecule has 0 radical (unpaired) electrons. The first-order chi connectivity index (χ1) is 21.9. The van der Waals surface area contributed by atoms with Gasteiger partial charge < -0.3 is 40.4 Å². The summed E-state index contributed by atoms with van der Waals surface area (Å²) in [7, 11) is 2.53. The Morgan fingerprint density at radius 2 is 1.54 bits per heavy atom. The van der Waals surface area contributed by atoms with E-state index in [-0.39, 0.29) is 22.9 Å². The Labute approximate surface area is 265 Å². The molecule has 1 saturated heterocycles. The SMILES string of the molecule is COC(=O)C1=C(C)NC(C)=C(C(=O)OC)C1c1cccc(NC(=O)NCCNC2CCN(c3ccccc3OC(F)(F)F)CC2)c1. The van der Waals surface area contributed by atoms with E-state index in [1.54, 1.807) is 50.2 Å². The zero-order valence-electron chi connectivity index (χ0n) is 26.0. The average Bonchev–Trinajstić information content (AvgIpc) is 3.02. The molecule has 0 unspecified atom stereocenters. The van der Waals surface area contributed by atoms with E-state index < -0.39 is 30.2 Å². The zero-order valence-corrected chi connectivity index (χ0v) is 26.0. The Hall–Kier alpha value is -4.72. The van der Waals surface area contributed by atoms with Gasteiger partial charge in [0.2, 0.25) is 0 Å². The van der Waals surface area contributed by atoms with E-state index in [9.17, 15) is 27.6 Å². The number of anilines is 2. The highest BCUT2D eigenvalue weighted by atomic mass is 19.4. The number of alkyl halides is 3. The molecule has 4 N–H and O–H groups in total. The minimum absolute atomic E-state index is 0.138. The van der Waals surface area contributed by atoms with Crippen LogP contribution in [0.1, 0.15) is 38.2 Å². The number of dihydropyridines is 1. The Balaban J connectivity index is 1.30.